The molecule has 1 aliphatic heterocycles. The molecule has 0 spiro atoms. The first-order valence-electron chi connectivity index (χ1n) is 5.87. The van der Waals surface area contributed by atoms with Gasteiger partial charge in [0.05, 0.1) is 13.2 Å². The van der Waals surface area contributed by atoms with Gasteiger partial charge in [0.1, 0.15) is 10.3 Å². The maximum atomic E-state index is 12.3. The van der Waals surface area contributed by atoms with Crippen LogP contribution >= 0.6 is 22.6 Å². The van der Waals surface area contributed by atoms with Crippen LogP contribution in [0.5, 0.6) is 0 Å². The lowest BCUT2D eigenvalue weighted by Crippen LogP contribution is -2.61. The van der Waals surface area contributed by atoms with E-state index in [1.165, 1.54) is 3.57 Å². The van der Waals surface area contributed by atoms with Crippen molar-refractivity contribution < 1.29 is 9.29 Å². The Morgan fingerprint density at radius 2 is 1.83 bits per heavy atom. The molecule has 1 atom stereocenters. The van der Waals surface area contributed by atoms with Crippen LogP contribution in [0.3, 0.4) is 0 Å². The highest BCUT2D eigenvalue weighted by Gasteiger charge is 2.46. The molecule has 1 aromatic carbocycles. The highest BCUT2D eigenvalue weighted by Crippen LogP contribution is 2.32. The first-order valence-corrected chi connectivity index (χ1v) is 8.10. The van der Waals surface area contributed by atoms with Gasteiger partial charge in [-0.2, -0.15) is 0 Å². The van der Waals surface area contributed by atoms with E-state index in [0.717, 1.165) is 5.56 Å². The summed E-state index contributed by atoms with van der Waals surface area (Å²) in [6.07, 6.45) is 0. The zero-order chi connectivity index (χ0) is 13.4. The molecule has 3 nitrogen and oxygen atoms in total. The molecule has 0 radical (unpaired) electrons. The van der Waals surface area contributed by atoms with Crippen molar-refractivity contribution >= 4 is 34.0 Å². The van der Waals surface area contributed by atoms with Crippen LogP contribution in [0.1, 0.15) is 26.3 Å². The summed E-state index contributed by atoms with van der Waals surface area (Å²) in [6.45, 7) is 7.07. The Morgan fingerprint density at radius 3 is 2.22 bits per heavy atom. The molecule has 100 valence electrons. The van der Waals surface area contributed by atoms with Crippen molar-refractivity contribution in [1.29, 1.82) is 0 Å². The summed E-state index contributed by atoms with van der Waals surface area (Å²) >= 11 is 1.19. The molecule has 1 aliphatic rings. The lowest BCUT2D eigenvalue weighted by Gasteiger charge is -2.43. The fraction of sp³-hybridized carbons (Fsp3) is 0.538. The molecule has 0 amide bonds. The highest BCUT2D eigenvalue weighted by atomic mass is 127. The van der Waals surface area contributed by atoms with Crippen LogP contribution in [0.2, 0.25) is 0 Å². The number of rotatable bonds is 3. The van der Waals surface area contributed by atoms with Gasteiger partial charge in [0.25, 0.3) is 0 Å². The van der Waals surface area contributed by atoms with Gasteiger partial charge in [-0.3, -0.25) is 0 Å². The Kier molecular flexibility index (Phi) is 4.28. The second kappa shape index (κ2) is 5.28. The number of hydrogen-bond acceptors (Lipinski definition) is 3. The summed E-state index contributed by atoms with van der Waals surface area (Å²) in [5, 5.41) is 0. The van der Waals surface area contributed by atoms with Crippen LogP contribution in [0.4, 0.5) is 0 Å². The van der Waals surface area contributed by atoms with Gasteiger partial charge in [0, 0.05) is 14.9 Å². The summed E-state index contributed by atoms with van der Waals surface area (Å²) in [6, 6.07) is 8.30. The second-order valence-corrected chi connectivity index (χ2v) is 8.78. The standard InChI is InChI=1S/C13H18INO2S/c1-12(2,3)18(16)15-13(8-17-9-13)10-4-6-11(14)7-5-10/h4-7,15H,8-9H2,1-3H3. The van der Waals surface area contributed by atoms with E-state index in [1.54, 1.807) is 0 Å². The van der Waals surface area contributed by atoms with Gasteiger partial charge in [-0.1, -0.05) is 12.1 Å². The SMILES string of the molecule is CC(C)(C)[S+]([O-])NC1(c2ccc(I)cc2)COC1. The van der Waals surface area contributed by atoms with Gasteiger partial charge in [-0.15, -0.1) is 4.72 Å². The van der Waals surface area contributed by atoms with Crippen molar-refractivity contribution in [1.82, 2.24) is 4.72 Å². The van der Waals surface area contributed by atoms with Crippen molar-refractivity contribution in [3.8, 4) is 0 Å². The third-order valence-corrected chi connectivity index (χ3v) is 5.35. The molecule has 1 saturated heterocycles. The summed E-state index contributed by atoms with van der Waals surface area (Å²) in [4.78, 5) is 0. The average Bonchev–Trinajstić information content (AvgIpc) is 2.23. The Morgan fingerprint density at radius 1 is 1.28 bits per heavy atom. The molecule has 18 heavy (non-hydrogen) atoms. The predicted molar refractivity (Wildman–Crippen MR) is 82.7 cm³/mol. The Balaban J connectivity index is 2.18. The largest absolute Gasteiger partial charge is 0.598 e. The van der Waals surface area contributed by atoms with E-state index in [0.29, 0.717) is 13.2 Å². The lowest BCUT2D eigenvalue weighted by molar-refractivity contribution is -0.0666. The van der Waals surface area contributed by atoms with E-state index < -0.39 is 11.4 Å². The Hall–Kier alpha value is 0.180. The molecular formula is C13H18INO2S. The fourth-order valence-corrected chi connectivity index (χ4v) is 2.95. The van der Waals surface area contributed by atoms with Gasteiger partial charge in [0.2, 0.25) is 0 Å². The molecule has 5 heteroatoms. The maximum Gasteiger partial charge on any atom is 0.136 e. The molecule has 2 rings (SSSR count). The van der Waals surface area contributed by atoms with E-state index in [4.69, 9.17) is 4.74 Å². The molecule has 0 saturated carbocycles. The monoisotopic (exact) mass is 379 g/mol. The smallest absolute Gasteiger partial charge is 0.136 e. The zero-order valence-corrected chi connectivity index (χ0v) is 13.8. The topological polar surface area (TPSA) is 44.3 Å². The van der Waals surface area contributed by atoms with Gasteiger partial charge in [0.15, 0.2) is 0 Å². The minimum atomic E-state index is -1.09. The number of hydrogen-bond donors (Lipinski definition) is 1. The third kappa shape index (κ3) is 3.01. The van der Waals surface area contributed by atoms with Gasteiger partial charge in [-0.25, -0.2) is 0 Å². The zero-order valence-electron chi connectivity index (χ0n) is 10.8. The molecule has 1 unspecified atom stereocenters. The van der Waals surface area contributed by atoms with E-state index in [-0.39, 0.29) is 10.3 Å². The number of nitrogens with one attached hydrogen (secondary N) is 1. The molecular weight excluding hydrogens is 361 g/mol. The van der Waals surface area contributed by atoms with Gasteiger partial charge >= 0.3 is 0 Å². The van der Waals surface area contributed by atoms with Crippen molar-refractivity contribution in [3.63, 3.8) is 0 Å². The third-order valence-electron chi connectivity index (χ3n) is 2.94. The highest BCUT2D eigenvalue weighted by molar-refractivity contribution is 14.1. The first-order chi connectivity index (χ1) is 8.33. The van der Waals surface area contributed by atoms with Gasteiger partial charge < -0.3 is 9.29 Å². The molecule has 1 aromatic rings. The first kappa shape index (κ1) is 14.6. The van der Waals surface area contributed by atoms with Crippen LogP contribution in [0, 0.1) is 3.57 Å². The summed E-state index contributed by atoms with van der Waals surface area (Å²) in [7, 11) is 0. The van der Waals surface area contributed by atoms with Crippen LogP contribution in [-0.2, 0) is 21.6 Å². The molecule has 0 bridgehead atoms. The quantitative estimate of drug-likeness (QED) is 0.649. The van der Waals surface area contributed by atoms with E-state index in [9.17, 15) is 4.55 Å². The number of ether oxygens (including phenoxy) is 1. The van der Waals surface area contributed by atoms with Crippen molar-refractivity contribution in [2.75, 3.05) is 13.2 Å². The lowest BCUT2D eigenvalue weighted by atomic mass is 9.89. The minimum absolute atomic E-state index is 0.272. The predicted octanol–water partition coefficient (Wildman–Crippen LogP) is 2.57. The Labute approximate surface area is 125 Å². The molecule has 0 aliphatic carbocycles. The minimum Gasteiger partial charge on any atom is -0.598 e. The van der Waals surface area contributed by atoms with Crippen molar-refractivity contribution in [3.05, 3.63) is 33.4 Å². The second-order valence-electron chi connectivity index (χ2n) is 5.56. The molecule has 1 fully saturated rings. The fourth-order valence-electron chi connectivity index (χ4n) is 1.69. The summed E-state index contributed by atoms with van der Waals surface area (Å²) in [5.74, 6) is 0. The molecule has 0 aromatic heterocycles. The van der Waals surface area contributed by atoms with Crippen molar-refractivity contribution in [2.45, 2.75) is 31.1 Å². The molecule has 1 N–H and O–H groups in total. The van der Waals surface area contributed by atoms with E-state index in [2.05, 4.69) is 51.6 Å². The average molecular weight is 379 g/mol. The van der Waals surface area contributed by atoms with Crippen LogP contribution < -0.4 is 4.72 Å². The maximum absolute atomic E-state index is 12.3. The van der Waals surface area contributed by atoms with E-state index >= 15 is 0 Å². The Bertz CT molecular complexity index is 412. The summed E-state index contributed by atoms with van der Waals surface area (Å²) in [5.41, 5.74) is 0.856. The van der Waals surface area contributed by atoms with Gasteiger partial charge in [-0.05, 0) is 61.1 Å². The summed E-state index contributed by atoms with van der Waals surface area (Å²) < 4.78 is 21.8. The van der Waals surface area contributed by atoms with Crippen LogP contribution in [0.25, 0.3) is 0 Å². The number of benzene rings is 1. The van der Waals surface area contributed by atoms with E-state index in [1.807, 2.05) is 20.8 Å². The van der Waals surface area contributed by atoms with Crippen LogP contribution in [0.15, 0.2) is 24.3 Å². The number of halogens is 1. The normalized spacial score (nSPS) is 20.3. The van der Waals surface area contributed by atoms with Crippen molar-refractivity contribution in [2.24, 2.45) is 0 Å². The molecule has 1 heterocycles. The van der Waals surface area contributed by atoms with Crippen LogP contribution in [-0.4, -0.2) is 22.5 Å².